The number of halogens is 2. The fourth-order valence-corrected chi connectivity index (χ4v) is 1.81. The van der Waals surface area contributed by atoms with Crippen molar-refractivity contribution in [2.45, 2.75) is 12.5 Å². The summed E-state index contributed by atoms with van der Waals surface area (Å²) in [6, 6.07) is 3.53. The van der Waals surface area contributed by atoms with Crippen LogP contribution in [0, 0.1) is 5.82 Å². The van der Waals surface area contributed by atoms with Crippen LogP contribution in [0.4, 0.5) is 4.39 Å². The molecule has 0 aliphatic rings. The Bertz CT molecular complexity index is 505. The van der Waals surface area contributed by atoms with E-state index >= 15 is 0 Å². The molecule has 0 radical (unpaired) electrons. The predicted octanol–water partition coefficient (Wildman–Crippen LogP) is 1.97. The Labute approximate surface area is 118 Å². The Kier molecular flexibility index (Phi) is 5.69. The van der Waals surface area contributed by atoms with Gasteiger partial charge in [-0.3, -0.25) is 4.79 Å². The molecule has 0 fully saturated rings. The maximum atomic E-state index is 13.7. The average molecular weight is 330 g/mol. The molecule has 0 aliphatic heterocycles. The van der Waals surface area contributed by atoms with Gasteiger partial charge >= 0.3 is 5.97 Å². The van der Waals surface area contributed by atoms with Crippen molar-refractivity contribution in [3.05, 3.63) is 46.7 Å². The third-order valence-corrected chi connectivity index (χ3v) is 2.92. The summed E-state index contributed by atoms with van der Waals surface area (Å²) in [6.45, 7) is 3.29. The van der Waals surface area contributed by atoms with Crippen molar-refractivity contribution in [2.24, 2.45) is 0 Å². The van der Waals surface area contributed by atoms with E-state index < -0.39 is 23.7 Å². The first-order valence-corrected chi connectivity index (χ1v) is 6.22. The second kappa shape index (κ2) is 7.04. The lowest BCUT2D eigenvalue weighted by Crippen LogP contribution is -2.42. The van der Waals surface area contributed by atoms with Crippen molar-refractivity contribution < 1.29 is 18.7 Å². The lowest BCUT2D eigenvalue weighted by molar-refractivity contribution is -0.144. The molecular weight excluding hydrogens is 317 g/mol. The van der Waals surface area contributed by atoms with Crippen LogP contribution in [-0.2, 0) is 20.7 Å². The molecule has 19 heavy (non-hydrogen) atoms. The molecule has 0 saturated carbocycles. The fourth-order valence-electron chi connectivity index (χ4n) is 1.47. The minimum absolute atomic E-state index is 0.00532. The van der Waals surface area contributed by atoms with Crippen LogP contribution in [0.3, 0.4) is 0 Å². The van der Waals surface area contributed by atoms with E-state index in [9.17, 15) is 14.0 Å². The van der Waals surface area contributed by atoms with Crippen molar-refractivity contribution in [1.29, 1.82) is 0 Å². The lowest BCUT2D eigenvalue weighted by Gasteiger charge is -2.16. The molecule has 102 valence electrons. The Morgan fingerprint density at radius 2 is 2.26 bits per heavy atom. The summed E-state index contributed by atoms with van der Waals surface area (Å²) >= 11 is 3.14. The maximum Gasteiger partial charge on any atom is 0.328 e. The number of esters is 1. The highest BCUT2D eigenvalue weighted by Crippen LogP contribution is 2.17. The molecule has 1 rings (SSSR count). The number of methoxy groups -OCH3 is 1. The van der Waals surface area contributed by atoms with Crippen molar-refractivity contribution in [1.82, 2.24) is 5.32 Å². The van der Waals surface area contributed by atoms with Gasteiger partial charge in [-0.2, -0.15) is 0 Å². The van der Waals surface area contributed by atoms with Crippen molar-refractivity contribution in [3.8, 4) is 0 Å². The molecule has 1 atom stereocenters. The zero-order chi connectivity index (χ0) is 14.4. The number of rotatable bonds is 5. The summed E-state index contributed by atoms with van der Waals surface area (Å²) < 4.78 is 18.9. The van der Waals surface area contributed by atoms with Gasteiger partial charge in [0.05, 0.1) is 7.11 Å². The lowest BCUT2D eigenvalue weighted by atomic mass is 10.1. The van der Waals surface area contributed by atoms with Crippen LogP contribution in [0.25, 0.3) is 0 Å². The van der Waals surface area contributed by atoms with Crippen LogP contribution >= 0.6 is 15.9 Å². The first-order valence-electron chi connectivity index (χ1n) is 5.42. The van der Waals surface area contributed by atoms with Crippen LogP contribution in [-0.4, -0.2) is 25.0 Å². The number of hydrogen-bond acceptors (Lipinski definition) is 3. The average Bonchev–Trinajstić information content (AvgIpc) is 2.39. The zero-order valence-corrected chi connectivity index (χ0v) is 11.9. The monoisotopic (exact) mass is 329 g/mol. The summed E-state index contributed by atoms with van der Waals surface area (Å²) in [6.07, 6.45) is 1.04. The number of amides is 1. The Morgan fingerprint density at radius 3 is 2.79 bits per heavy atom. The number of carbonyl (C=O) groups excluding carboxylic acids is 2. The standard InChI is InChI=1S/C13H13BrFNO3/c1-3-12(17)16-11(13(18)19-2)6-8-4-5-9(14)7-10(8)15/h3-5,7,11H,1,6H2,2H3,(H,16,17)/t11-/m1/s1. The van der Waals surface area contributed by atoms with E-state index in [1.807, 2.05) is 0 Å². The molecule has 0 spiro atoms. The van der Waals surface area contributed by atoms with E-state index in [4.69, 9.17) is 0 Å². The van der Waals surface area contributed by atoms with Crippen molar-refractivity contribution >= 4 is 27.8 Å². The third-order valence-electron chi connectivity index (χ3n) is 2.43. The SMILES string of the molecule is C=CC(=O)N[C@H](Cc1ccc(Br)cc1F)C(=O)OC. The van der Waals surface area contributed by atoms with Gasteiger partial charge in [-0.15, -0.1) is 0 Å². The minimum atomic E-state index is -0.953. The Balaban J connectivity index is 2.90. The van der Waals surface area contributed by atoms with Crippen LogP contribution in [0.15, 0.2) is 35.3 Å². The normalized spacial score (nSPS) is 11.5. The molecule has 0 aliphatic carbocycles. The number of hydrogen-bond donors (Lipinski definition) is 1. The van der Waals surface area contributed by atoms with Crippen molar-refractivity contribution in [2.75, 3.05) is 7.11 Å². The molecule has 1 N–H and O–H groups in total. The van der Waals surface area contributed by atoms with E-state index in [1.54, 1.807) is 6.07 Å². The van der Waals surface area contributed by atoms with Gasteiger partial charge in [0.2, 0.25) is 5.91 Å². The molecule has 1 aromatic rings. The van der Waals surface area contributed by atoms with Crippen LogP contribution in [0.5, 0.6) is 0 Å². The number of ether oxygens (including phenoxy) is 1. The first-order chi connectivity index (χ1) is 8.97. The van der Waals surface area contributed by atoms with E-state index in [-0.39, 0.29) is 6.42 Å². The van der Waals surface area contributed by atoms with Crippen LogP contribution in [0.2, 0.25) is 0 Å². The highest BCUT2D eigenvalue weighted by molar-refractivity contribution is 9.10. The summed E-state index contributed by atoms with van der Waals surface area (Å²) in [5, 5.41) is 2.40. The third kappa shape index (κ3) is 4.48. The molecule has 1 amide bonds. The molecule has 0 bridgehead atoms. The quantitative estimate of drug-likeness (QED) is 0.663. The number of nitrogens with one attached hydrogen (secondary N) is 1. The topological polar surface area (TPSA) is 55.4 Å². The molecule has 4 nitrogen and oxygen atoms in total. The number of benzene rings is 1. The molecule has 0 aromatic heterocycles. The predicted molar refractivity (Wildman–Crippen MR) is 71.9 cm³/mol. The molecule has 0 unspecified atom stereocenters. The van der Waals surface area contributed by atoms with Crippen LogP contribution in [0.1, 0.15) is 5.56 Å². The van der Waals surface area contributed by atoms with E-state index in [1.165, 1.54) is 19.2 Å². The minimum Gasteiger partial charge on any atom is -0.467 e. The van der Waals surface area contributed by atoms with Crippen molar-refractivity contribution in [3.63, 3.8) is 0 Å². The van der Waals surface area contributed by atoms with Gasteiger partial charge in [0.15, 0.2) is 0 Å². The first kappa shape index (κ1) is 15.4. The zero-order valence-electron chi connectivity index (χ0n) is 10.3. The summed E-state index contributed by atoms with van der Waals surface area (Å²) in [5.41, 5.74) is 0.308. The summed E-state index contributed by atoms with van der Waals surface area (Å²) in [5.74, 6) is -1.62. The van der Waals surface area contributed by atoms with Gasteiger partial charge in [0.25, 0.3) is 0 Å². The van der Waals surface area contributed by atoms with Gasteiger partial charge in [-0.1, -0.05) is 28.6 Å². The van der Waals surface area contributed by atoms with Crippen LogP contribution < -0.4 is 5.32 Å². The summed E-state index contributed by atoms with van der Waals surface area (Å²) in [7, 11) is 1.20. The molecule has 0 heterocycles. The fraction of sp³-hybridized carbons (Fsp3) is 0.231. The largest absolute Gasteiger partial charge is 0.467 e. The smallest absolute Gasteiger partial charge is 0.328 e. The van der Waals surface area contributed by atoms with Gasteiger partial charge in [0.1, 0.15) is 11.9 Å². The van der Waals surface area contributed by atoms with E-state index in [2.05, 4.69) is 32.6 Å². The molecule has 6 heteroatoms. The summed E-state index contributed by atoms with van der Waals surface area (Å²) in [4.78, 5) is 22.8. The number of carbonyl (C=O) groups is 2. The van der Waals surface area contributed by atoms with E-state index in [0.717, 1.165) is 6.08 Å². The molecule has 1 aromatic carbocycles. The second-order valence-electron chi connectivity index (χ2n) is 3.73. The highest BCUT2D eigenvalue weighted by atomic mass is 79.9. The highest BCUT2D eigenvalue weighted by Gasteiger charge is 2.22. The Morgan fingerprint density at radius 1 is 1.58 bits per heavy atom. The maximum absolute atomic E-state index is 13.7. The van der Waals surface area contributed by atoms with E-state index in [0.29, 0.717) is 10.0 Å². The Hall–Kier alpha value is -1.69. The van der Waals surface area contributed by atoms with Gasteiger partial charge < -0.3 is 10.1 Å². The molecular formula is C13H13BrFNO3. The second-order valence-corrected chi connectivity index (χ2v) is 4.64. The van der Waals surface area contributed by atoms with Gasteiger partial charge in [-0.25, -0.2) is 9.18 Å². The van der Waals surface area contributed by atoms with Gasteiger partial charge in [0, 0.05) is 10.9 Å². The molecule has 0 saturated heterocycles. The van der Waals surface area contributed by atoms with Gasteiger partial charge in [-0.05, 0) is 23.8 Å².